The molecule has 5 N–H and O–H groups in total. The summed E-state index contributed by atoms with van der Waals surface area (Å²) in [5.74, 6) is 1.10. The summed E-state index contributed by atoms with van der Waals surface area (Å²) in [6.07, 6.45) is 2.56. The number of sulfonamides is 2. The van der Waals surface area contributed by atoms with Gasteiger partial charge < -0.3 is 14.6 Å². The SMILES string of the molecule is C1CCOC1.NS(=O)(=O)c1ccc(CBr)cc1.NS(=O)(=O)c1ccc(COc2ccc(I)cc2)cc1.O=S(=O)(Cl)c1ccc(CBr)cc1.Oc1ccc(I)cc1. The first-order valence-corrected chi connectivity index (χ1v) is 25.9. The standard InChI is InChI=1S/C13H12INO3S.C7H6BrClO2S.C7H8BrNO2S.C6H5IO.C4H8O/c14-11-3-5-12(6-4-11)18-9-10-1-7-13(8-2-10)19(15,16)17;2*8-5-6-1-3-7(4-2-6)12(9,10)11;7-5-1-3-6(8)4-2-5;1-2-4-5-3-1/h1-8H,9H2,(H2,15,16,17);1-4H,5H2;1-4H,5H2,(H2,9,10,11);1-4,8H;1-4H2. The van der Waals surface area contributed by atoms with Gasteiger partial charge in [-0.3, -0.25) is 0 Å². The number of phenolic OH excluding ortho intramolecular Hbond substituents is 1. The van der Waals surface area contributed by atoms with Crippen molar-refractivity contribution in [1.29, 1.82) is 0 Å². The van der Waals surface area contributed by atoms with Gasteiger partial charge in [0.05, 0.1) is 14.7 Å². The minimum atomic E-state index is -3.63. The van der Waals surface area contributed by atoms with E-state index >= 15 is 0 Å². The number of phenols is 1. The molecule has 0 aliphatic carbocycles. The summed E-state index contributed by atoms with van der Waals surface area (Å²) in [4.78, 5) is 0.381. The van der Waals surface area contributed by atoms with Crippen LogP contribution in [0.2, 0.25) is 0 Å². The Morgan fingerprint density at radius 2 is 0.946 bits per heavy atom. The molecule has 0 saturated carbocycles. The number of hydrogen-bond donors (Lipinski definition) is 3. The monoisotopic (exact) mass is 1200 g/mol. The molecular weight excluding hydrogens is 1160 g/mol. The summed E-state index contributed by atoms with van der Waals surface area (Å²) in [5, 5.41) is 20.1. The van der Waals surface area contributed by atoms with Crippen molar-refractivity contribution in [2.45, 2.75) is 44.8 Å². The lowest BCUT2D eigenvalue weighted by atomic mass is 10.2. The molecular formula is C37H39Br2ClI2N2O9S3. The van der Waals surface area contributed by atoms with E-state index in [9.17, 15) is 25.3 Å². The zero-order chi connectivity index (χ0) is 41.8. The van der Waals surface area contributed by atoms with Crippen LogP contribution in [0.3, 0.4) is 0 Å². The zero-order valence-electron chi connectivity index (χ0n) is 29.5. The van der Waals surface area contributed by atoms with E-state index < -0.39 is 29.1 Å². The number of benzene rings is 5. The van der Waals surface area contributed by atoms with Crippen LogP contribution in [-0.2, 0) is 51.1 Å². The molecule has 5 aromatic carbocycles. The largest absolute Gasteiger partial charge is 0.508 e. The Morgan fingerprint density at radius 3 is 1.25 bits per heavy atom. The third kappa shape index (κ3) is 21.2. The van der Waals surface area contributed by atoms with Gasteiger partial charge in [-0.2, -0.15) is 0 Å². The first-order valence-electron chi connectivity index (χ1n) is 16.1. The Labute approximate surface area is 377 Å². The summed E-state index contributed by atoms with van der Waals surface area (Å²) < 4.78 is 78.2. The number of rotatable bonds is 8. The summed E-state index contributed by atoms with van der Waals surface area (Å²) >= 11 is 10.9. The Balaban J connectivity index is 0.000000257. The fourth-order valence-corrected chi connectivity index (χ4v) is 7.20. The maximum Gasteiger partial charge on any atom is 0.261 e. The molecule has 1 aliphatic heterocycles. The van der Waals surface area contributed by atoms with Crippen molar-refractivity contribution >= 4 is 117 Å². The maximum atomic E-state index is 11.1. The van der Waals surface area contributed by atoms with Crippen molar-refractivity contribution in [3.63, 3.8) is 0 Å². The minimum absolute atomic E-state index is 0.102. The number of aromatic hydroxyl groups is 1. The highest BCUT2D eigenvalue weighted by Crippen LogP contribution is 2.18. The van der Waals surface area contributed by atoms with Crippen molar-refractivity contribution < 1.29 is 39.8 Å². The van der Waals surface area contributed by atoms with Gasteiger partial charge in [-0.05, 0) is 160 Å². The fraction of sp³-hybridized carbons (Fsp3) is 0.189. The van der Waals surface area contributed by atoms with Crippen LogP contribution >= 0.6 is 87.7 Å². The van der Waals surface area contributed by atoms with E-state index in [1.54, 1.807) is 48.5 Å². The number of nitrogens with two attached hydrogens (primary N) is 2. The topological polar surface area (TPSA) is 193 Å². The molecule has 1 saturated heterocycles. The van der Waals surface area contributed by atoms with Crippen LogP contribution in [0.25, 0.3) is 0 Å². The van der Waals surface area contributed by atoms with Crippen molar-refractivity contribution in [1.82, 2.24) is 0 Å². The van der Waals surface area contributed by atoms with Crippen LogP contribution < -0.4 is 15.0 Å². The summed E-state index contributed by atoms with van der Waals surface area (Å²) in [6.45, 7) is 2.38. The molecule has 0 spiro atoms. The van der Waals surface area contributed by atoms with Crippen molar-refractivity contribution in [3.05, 3.63) is 145 Å². The lowest BCUT2D eigenvalue weighted by Gasteiger charge is -2.07. The third-order valence-corrected chi connectivity index (χ3v) is 12.9. The van der Waals surface area contributed by atoms with Crippen LogP contribution in [0.5, 0.6) is 11.5 Å². The van der Waals surface area contributed by atoms with Gasteiger partial charge in [-0.25, -0.2) is 35.5 Å². The second kappa shape index (κ2) is 25.6. The van der Waals surface area contributed by atoms with Gasteiger partial charge in [0, 0.05) is 41.7 Å². The molecule has 11 nitrogen and oxygen atoms in total. The van der Waals surface area contributed by atoms with Gasteiger partial charge in [0.15, 0.2) is 0 Å². The highest BCUT2D eigenvalue weighted by atomic mass is 127. The number of ether oxygens (including phenoxy) is 2. The van der Waals surface area contributed by atoms with E-state index in [1.807, 2.05) is 36.4 Å². The van der Waals surface area contributed by atoms with Crippen LogP contribution in [-0.4, -0.2) is 43.6 Å². The van der Waals surface area contributed by atoms with Crippen molar-refractivity contribution in [2.24, 2.45) is 10.3 Å². The molecule has 1 fully saturated rings. The number of hydrogen-bond acceptors (Lipinski definition) is 9. The maximum absolute atomic E-state index is 11.1. The van der Waals surface area contributed by atoms with Gasteiger partial charge >= 0.3 is 0 Å². The average Bonchev–Trinajstić information content (AvgIpc) is 3.77. The number of alkyl halides is 2. The van der Waals surface area contributed by atoms with Crippen LogP contribution in [0.1, 0.15) is 29.5 Å². The molecule has 0 unspecified atom stereocenters. The molecule has 0 radical (unpaired) electrons. The highest BCUT2D eigenvalue weighted by molar-refractivity contribution is 14.1. The van der Waals surface area contributed by atoms with E-state index in [-0.39, 0.29) is 14.7 Å². The fourth-order valence-electron chi connectivity index (χ4n) is 3.93. The number of halogens is 5. The Kier molecular flexibility index (Phi) is 23.0. The van der Waals surface area contributed by atoms with Gasteiger partial charge in [-0.1, -0.05) is 68.3 Å². The molecule has 0 atom stereocenters. The van der Waals surface area contributed by atoms with Gasteiger partial charge in [0.1, 0.15) is 18.1 Å². The quantitative estimate of drug-likeness (QED) is 0.0773. The zero-order valence-corrected chi connectivity index (χ0v) is 40.2. The predicted molar refractivity (Wildman–Crippen MR) is 245 cm³/mol. The minimum Gasteiger partial charge on any atom is -0.508 e. The lowest BCUT2D eigenvalue weighted by Crippen LogP contribution is -2.12. The van der Waals surface area contributed by atoms with Gasteiger partial charge in [-0.15, -0.1) is 0 Å². The van der Waals surface area contributed by atoms with Gasteiger partial charge in [0.25, 0.3) is 9.05 Å². The molecule has 0 aromatic heterocycles. The first-order chi connectivity index (χ1) is 26.3. The molecule has 5 aromatic rings. The van der Waals surface area contributed by atoms with E-state index in [0.29, 0.717) is 23.0 Å². The van der Waals surface area contributed by atoms with E-state index in [2.05, 4.69) is 77.0 Å². The normalized spacial score (nSPS) is 12.2. The van der Waals surface area contributed by atoms with E-state index in [1.165, 1.54) is 49.2 Å². The van der Waals surface area contributed by atoms with Gasteiger partial charge in [0.2, 0.25) is 20.0 Å². The molecule has 6 rings (SSSR count). The predicted octanol–water partition coefficient (Wildman–Crippen LogP) is 9.05. The lowest BCUT2D eigenvalue weighted by molar-refractivity contribution is 0.198. The second-order valence-corrected chi connectivity index (χ2v) is 20.6. The second-order valence-electron chi connectivity index (χ2n) is 11.3. The highest BCUT2D eigenvalue weighted by Gasteiger charge is 2.09. The van der Waals surface area contributed by atoms with Crippen molar-refractivity contribution in [2.75, 3.05) is 13.2 Å². The first kappa shape index (κ1) is 50.3. The van der Waals surface area contributed by atoms with E-state index in [4.69, 9.17) is 35.5 Å². The van der Waals surface area contributed by atoms with Crippen LogP contribution in [0, 0.1) is 7.14 Å². The smallest absolute Gasteiger partial charge is 0.261 e. The molecule has 304 valence electrons. The Morgan fingerprint density at radius 1 is 0.589 bits per heavy atom. The molecule has 1 heterocycles. The Bertz CT molecular complexity index is 2130. The Hall–Kier alpha value is -1.86. The molecule has 19 heteroatoms. The summed E-state index contributed by atoms with van der Waals surface area (Å²) in [6, 6.07) is 33.9. The number of primary sulfonamides is 2. The van der Waals surface area contributed by atoms with Crippen molar-refractivity contribution in [3.8, 4) is 11.5 Å². The molecule has 1 aliphatic rings. The molecule has 56 heavy (non-hydrogen) atoms. The van der Waals surface area contributed by atoms with E-state index in [0.717, 1.165) is 42.8 Å². The summed E-state index contributed by atoms with van der Waals surface area (Å²) in [5.41, 5.74) is 2.91. The molecule has 0 amide bonds. The summed E-state index contributed by atoms with van der Waals surface area (Å²) in [7, 11) is -5.63. The molecule has 0 bridgehead atoms. The third-order valence-electron chi connectivity index (χ3n) is 6.89. The van der Waals surface area contributed by atoms with Crippen LogP contribution in [0.4, 0.5) is 0 Å². The average molecular weight is 1200 g/mol. The van der Waals surface area contributed by atoms with Crippen LogP contribution in [0.15, 0.2) is 136 Å².